The molecule has 1 aliphatic rings. The molecule has 1 atom stereocenters. The van der Waals surface area contributed by atoms with E-state index in [4.69, 9.17) is 4.74 Å². The molecule has 0 saturated carbocycles. The number of aryl methyl sites for hydroxylation is 1. The minimum absolute atomic E-state index is 0. The van der Waals surface area contributed by atoms with Gasteiger partial charge in [-0.05, 0) is 36.3 Å². The van der Waals surface area contributed by atoms with E-state index in [9.17, 15) is 0 Å². The molecule has 2 aromatic heterocycles. The lowest BCUT2D eigenvalue weighted by Crippen LogP contribution is -2.39. The van der Waals surface area contributed by atoms with Crippen LogP contribution in [0.5, 0.6) is 5.88 Å². The maximum absolute atomic E-state index is 5.53. The van der Waals surface area contributed by atoms with Gasteiger partial charge in [0.05, 0.1) is 12.8 Å². The van der Waals surface area contributed by atoms with Gasteiger partial charge in [0, 0.05) is 52.2 Å². The fourth-order valence-corrected chi connectivity index (χ4v) is 3.42. The smallest absolute Gasteiger partial charge is 0.213 e. The normalized spacial score (nSPS) is 16.8. The highest BCUT2D eigenvalue weighted by molar-refractivity contribution is 14.0. The SMILES string of the molecule is CCCOc1ccc(CNC(=NC)N2CCC(Cc3cnn(C)c3)C2)cn1.I. The van der Waals surface area contributed by atoms with Crippen LogP contribution in [0.15, 0.2) is 35.7 Å². The van der Waals surface area contributed by atoms with E-state index in [1.54, 1.807) is 0 Å². The van der Waals surface area contributed by atoms with Crippen LogP contribution in [0.3, 0.4) is 0 Å². The van der Waals surface area contributed by atoms with E-state index in [1.807, 2.05) is 43.3 Å². The number of aromatic nitrogens is 3. The Morgan fingerprint density at radius 1 is 1.32 bits per heavy atom. The molecule has 3 rings (SSSR count). The van der Waals surface area contributed by atoms with E-state index in [0.717, 1.165) is 37.5 Å². The van der Waals surface area contributed by atoms with Crippen LogP contribution in [0.1, 0.15) is 30.9 Å². The van der Waals surface area contributed by atoms with Gasteiger partial charge in [-0.25, -0.2) is 4.98 Å². The van der Waals surface area contributed by atoms with Gasteiger partial charge in [0.15, 0.2) is 5.96 Å². The molecular formula is C20H31IN6O. The molecule has 0 radical (unpaired) electrons. The lowest BCUT2D eigenvalue weighted by atomic mass is 10.0. The number of ether oxygens (including phenoxy) is 1. The van der Waals surface area contributed by atoms with Crippen molar-refractivity contribution < 1.29 is 4.74 Å². The average molecular weight is 498 g/mol. The van der Waals surface area contributed by atoms with Crippen molar-refractivity contribution in [1.29, 1.82) is 0 Å². The van der Waals surface area contributed by atoms with E-state index < -0.39 is 0 Å². The van der Waals surface area contributed by atoms with Gasteiger partial charge < -0.3 is 15.0 Å². The van der Waals surface area contributed by atoms with E-state index >= 15 is 0 Å². The number of nitrogens with zero attached hydrogens (tertiary/aromatic N) is 5. The Balaban J connectivity index is 0.00000280. The fourth-order valence-electron chi connectivity index (χ4n) is 3.42. The van der Waals surface area contributed by atoms with Crippen molar-refractivity contribution in [3.8, 4) is 5.88 Å². The number of nitrogens with one attached hydrogen (secondary N) is 1. The Hall–Kier alpha value is -1.84. The summed E-state index contributed by atoms with van der Waals surface area (Å²) in [6.07, 6.45) is 9.18. The van der Waals surface area contributed by atoms with Gasteiger partial charge in [-0.1, -0.05) is 13.0 Å². The van der Waals surface area contributed by atoms with Crippen molar-refractivity contribution in [2.24, 2.45) is 18.0 Å². The summed E-state index contributed by atoms with van der Waals surface area (Å²) in [7, 11) is 3.81. The zero-order valence-corrected chi connectivity index (χ0v) is 19.3. The Morgan fingerprint density at radius 2 is 2.18 bits per heavy atom. The second kappa shape index (κ2) is 11.2. The zero-order valence-electron chi connectivity index (χ0n) is 17.0. The zero-order chi connectivity index (χ0) is 19.1. The number of rotatable bonds is 7. The minimum Gasteiger partial charge on any atom is -0.478 e. The second-order valence-electron chi connectivity index (χ2n) is 7.08. The van der Waals surface area contributed by atoms with Crippen LogP contribution in [0, 0.1) is 5.92 Å². The average Bonchev–Trinajstić information content (AvgIpc) is 3.31. The van der Waals surface area contributed by atoms with Gasteiger partial charge >= 0.3 is 0 Å². The molecule has 2 aromatic rings. The molecule has 3 heterocycles. The van der Waals surface area contributed by atoms with Gasteiger partial charge in [0.25, 0.3) is 0 Å². The predicted octanol–water partition coefficient (Wildman–Crippen LogP) is 2.86. The first-order valence-corrected chi connectivity index (χ1v) is 9.68. The third-order valence-electron chi connectivity index (χ3n) is 4.78. The molecule has 0 amide bonds. The van der Waals surface area contributed by atoms with E-state index in [-0.39, 0.29) is 24.0 Å². The van der Waals surface area contributed by atoms with Crippen LogP contribution in [-0.4, -0.2) is 52.4 Å². The number of halogens is 1. The molecule has 8 heteroatoms. The lowest BCUT2D eigenvalue weighted by Gasteiger charge is -2.21. The molecule has 1 aliphatic heterocycles. The number of guanidine groups is 1. The van der Waals surface area contributed by atoms with Crippen molar-refractivity contribution in [3.05, 3.63) is 41.9 Å². The van der Waals surface area contributed by atoms with Crippen LogP contribution >= 0.6 is 24.0 Å². The molecule has 28 heavy (non-hydrogen) atoms. The van der Waals surface area contributed by atoms with Gasteiger partial charge in [-0.3, -0.25) is 9.67 Å². The Bertz CT molecular complexity index is 745. The van der Waals surface area contributed by atoms with Crippen molar-refractivity contribution in [2.45, 2.75) is 32.7 Å². The molecule has 0 aliphatic carbocycles. The van der Waals surface area contributed by atoms with Crippen LogP contribution < -0.4 is 10.1 Å². The molecule has 0 aromatic carbocycles. The quantitative estimate of drug-likeness (QED) is 0.362. The predicted molar refractivity (Wildman–Crippen MR) is 122 cm³/mol. The number of aliphatic imine (C=N–C) groups is 1. The number of hydrogen-bond donors (Lipinski definition) is 1. The molecule has 0 spiro atoms. The first-order chi connectivity index (χ1) is 13.2. The summed E-state index contributed by atoms with van der Waals surface area (Å²) >= 11 is 0. The molecule has 1 N–H and O–H groups in total. The largest absolute Gasteiger partial charge is 0.478 e. The molecule has 154 valence electrons. The summed E-state index contributed by atoms with van der Waals surface area (Å²) in [5, 5.41) is 7.72. The molecule has 0 bridgehead atoms. The number of pyridine rings is 1. The maximum atomic E-state index is 5.53. The number of likely N-dealkylation sites (tertiary alicyclic amines) is 1. The highest BCUT2D eigenvalue weighted by Crippen LogP contribution is 2.20. The third-order valence-corrected chi connectivity index (χ3v) is 4.78. The monoisotopic (exact) mass is 498 g/mol. The molecule has 1 fully saturated rings. The topological polar surface area (TPSA) is 67.6 Å². The van der Waals surface area contributed by atoms with Crippen LogP contribution in [0.2, 0.25) is 0 Å². The lowest BCUT2D eigenvalue weighted by molar-refractivity contribution is 0.305. The Labute approximate surface area is 184 Å². The van der Waals surface area contributed by atoms with Crippen LogP contribution in [0.4, 0.5) is 0 Å². The summed E-state index contributed by atoms with van der Waals surface area (Å²) < 4.78 is 7.40. The highest BCUT2D eigenvalue weighted by Gasteiger charge is 2.25. The number of hydrogen-bond acceptors (Lipinski definition) is 4. The molecular weight excluding hydrogens is 467 g/mol. The summed E-state index contributed by atoms with van der Waals surface area (Å²) in [6, 6.07) is 3.97. The van der Waals surface area contributed by atoms with Gasteiger partial charge in [-0.15, -0.1) is 24.0 Å². The molecule has 7 nitrogen and oxygen atoms in total. The summed E-state index contributed by atoms with van der Waals surface area (Å²) in [5.41, 5.74) is 2.43. The van der Waals surface area contributed by atoms with E-state index in [1.165, 1.54) is 12.0 Å². The summed E-state index contributed by atoms with van der Waals surface area (Å²) in [4.78, 5) is 11.2. The Morgan fingerprint density at radius 3 is 2.82 bits per heavy atom. The van der Waals surface area contributed by atoms with E-state index in [0.29, 0.717) is 24.9 Å². The van der Waals surface area contributed by atoms with Crippen LogP contribution in [-0.2, 0) is 20.0 Å². The summed E-state index contributed by atoms with van der Waals surface area (Å²) in [5.74, 6) is 2.28. The van der Waals surface area contributed by atoms with Crippen molar-refractivity contribution in [3.63, 3.8) is 0 Å². The fraction of sp³-hybridized carbons (Fsp3) is 0.550. The van der Waals surface area contributed by atoms with Gasteiger partial charge in [0.2, 0.25) is 5.88 Å². The summed E-state index contributed by atoms with van der Waals surface area (Å²) in [6.45, 7) is 5.55. The first-order valence-electron chi connectivity index (χ1n) is 9.68. The van der Waals surface area contributed by atoms with Crippen molar-refractivity contribution in [2.75, 3.05) is 26.7 Å². The minimum atomic E-state index is 0. The third kappa shape index (κ3) is 6.35. The molecule has 1 saturated heterocycles. The van der Waals surface area contributed by atoms with Crippen LogP contribution in [0.25, 0.3) is 0 Å². The molecule has 1 unspecified atom stereocenters. The second-order valence-corrected chi connectivity index (χ2v) is 7.08. The first kappa shape index (κ1) is 22.4. The Kier molecular flexibility index (Phi) is 9.01. The van der Waals surface area contributed by atoms with Gasteiger partial charge in [0.1, 0.15) is 0 Å². The highest BCUT2D eigenvalue weighted by atomic mass is 127. The van der Waals surface area contributed by atoms with Gasteiger partial charge in [-0.2, -0.15) is 5.10 Å². The van der Waals surface area contributed by atoms with E-state index in [2.05, 4.69) is 38.4 Å². The van der Waals surface area contributed by atoms with Crippen molar-refractivity contribution in [1.82, 2.24) is 25.0 Å². The van der Waals surface area contributed by atoms with Crippen molar-refractivity contribution >= 4 is 29.9 Å². The maximum Gasteiger partial charge on any atom is 0.213 e. The standard InChI is InChI=1S/C20H30N6O.HI/c1-4-9-27-19-6-5-17(11-22-19)12-23-20(21-2)26-8-7-16(15-26)10-18-13-24-25(3)14-18;/h5-6,11,13-14,16H,4,7-10,12,15H2,1-3H3,(H,21,23);1H.